The van der Waals surface area contributed by atoms with Gasteiger partial charge in [0.05, 0.1) is 0 Å². The first kappa shape index (κ1) is 21.1. The molecule has 6 heteroatoms. The summed E-state index contributed by atoms with van der Waals surface area (Å²) < 4.78 is 28.4. The van der Waals surface area contributed by atoms with Gasteiger partial charge in [-0.3, -0.25) is 10.4 Å². The smallest absolute Gasteiger partial charge is 0.289 e. The molecule has 0 aliphatic carbocycles. The highest BCUT2D eigenvalue weighted by atomic mass is 19.3. The van der Waals surface area contributed by atoms with Crippen molar-refractivity contribution >= 4 is 12.4 Å². The fourth-order valence-corrected chi connectivity index (χ4v) is 2.42. The number of allylic oxidation sites excluding steroid dienone is 1. The minimum Gasteiger partial charge on any atom is -0.341 e. The highest BCUT2D eigenvalue weighted by Crippen LogP contribution is 2.33. The number of aromatic nitrogens is 1. The molecule has 0 amide bonds. The van der Waals surface area contributed by atoms with Crippen LogP contribution in [0.1, 0.15) is 70.9 Å². The lowest BCUT2D eigenvalue weighted by Crippen LogP contribution is -2.17. The van der Waals surface area contributed by atoms with Crippen LogP contribution in [0, 0.1) is 0 Å². The maximum atomic E-state index is 14.2. The van der Waals surface area contributed by atoms with Crippen molar-refractivity contribution in [3.63, 3.8) is 0 Å². The average Bonchev–Trinajstić information content (AvgIpc) is 2.60. The number of hydrazone groups is 1. The number of nitrogens with one attached hydrogen (secondary N) is 2. The van der Waals surface area contributed by atoms with E-state index in [1.807, 2.05) is 13.0 Å². The standard InChI is InChI=1S/C19H30F2N4/c1-4-6-8-9-10-11-18(25-22-3)24-16-12-14-23-17(15-16)19(20,21)13-7-5-2/h11-12,14-15,25H,3-10,13H2,1-2H3,(H,23,24)/b18-11-. The first-order valence-corrected chi connectivity index (χ1v) is 9.06. The molecule has 140 valence electrons. The van der Waals surface area contributed by atoms with Crippen molar-refractivity contribution in [1.29, 1.82) is 0 Å². The van der Waals surface area contributed by atoms with E-state index in [1.54, 1.807) is 6.07 Å². The molecule has 0 aliphatic heterocycles. The fraction of sp³-hybridized carbons (Fsp3) is 0.579. The molecule has 0 aromatic carbocycles. The minimum atomic E-state index is -2.91. The van der Waals surface area contributed by atoms with Gasteiger partial charge in [-0.15, -0.1) is 0 Å². The molecule has 0 saturated carbocycles. The van der Waals surface area contributed by atoms with Crippen LogP contribution in [-0.2, 0) is 5.92 Å². The third-order valence-electron chi connectivity index (χ3n) is 3.86. The number of nitrogens with zero attached hydrogens (tertiary/aromatic N) is 2. The van der Waals surface area contributed by atoms with E-state index in [0.717, 1.165) is 19.3 Å². The molecule has 2 N–H and O–H groups in total. The van der Waals surface area contributed by atoms with Gasteiger partial charge in [0.1, 0.15) is 11.5 Å². The monoisotopic (exact) mass is 352 g/mol. The van der Waals surface area contributed by atoms with Crippen molar-refractivity contribution in [1.82, 2.24) is 10.4 Å². The van der Waals surface area contributed by atoms with E-state index in [0.29, 0.717) is 17.9 Å². The summed E-state index contributed by atoms with van der Waals surface area (Å²) in [5, 5.41) is 6.75. The van der Waals surface area contributed by atoms with Crippen molar-refractivity contribution in [2.45, 2.75) is 71.1 Å². The Hall–Kier alpha value is -1.98. The summed E-state index contributed by atoms with van der Waals surface area (Å²) in [6.07, 6.45) is 9.92. The predicted octanol–water partition coefficient (Wildman–Crippen LogP) is 5.79. The topological polar surface area (TPSA) is 49.3 Å². The molecule has 0 atom stereocenters. The van der Waals surface area contributed by atoms with Gasteiger partial charge in [-0.1, -0.05) is 39.5 Å². The van der Waals surface area contributed by atoms with Crippen LogP contribution in [0.15, 0.2) is 35.3 Å². The van der Waals surface area contributed by atoms with E-state index in [-0.39, 0.29) is 12.1 Å². The molecule has 0 bridgehead atoms. The van der Waals surface area contributed by atoms with Gasteiger partial charge in [0.2, 0.25) is 0 Å². The van der Waals surface area contributed by atoms with E-state index in [2.05, 4.69) is 34.5 Å². The molecule has 1 heterocycles. The average molecular weight is 352 g/mol. The lowest BCUT2D eigenvalue weighted by molar-refractivity contribution is -0.0197. The second-order valence-electron chi connectivity index (χ2n) is 6.10. The Morgan fingerprint density at radius 3 is 2.68 bits per heavy atom. The van der Waals surface area contributed by atoms with Crippen LogP contribution in [0.4, 0.5) is 14.5 Å². The zero-order chi connectivity index (χ0) is 18.5. The van der Waals surface area contributed by atoms with Crippen LogP contribution >= 0.6 is 0 Å². The van der Waals surface area contributed by atoms with Crippen molar-refractivity contribution < 1.29 is 8.78 Å². The van der Waals surface area contributed by atoms with Gasteiger partial charge in [0.25, 0.3) is 5.92 Å². The van der Waals surface area contributed by atoms with Gasteiger partial charge in [-0.05, 0) is 37.5 Å². The normalized spacial score (nSPS) is 12.1. The Kier molecular flexibility index (Phi) is 9.73. The summed E-state index contributed by atoms with van der Waals surface area (Å²) in [5.74, 6) is -2.28. The number of pyridine rings is 1. The zero-order valence-corrected chi connectivity index (χ0v) is 15.3. The number of rotatable bonds is 13. The Balaban J connectivity index is 2.76. The molecule has 0 radical (unpaired) electrons. The first-order valence-electron chi connectivity index (χ1n) is 9.06. The van der Waals surface area contributed by atoms with Crippen LogP contribution in [0.3, 0.4) is 0 Å². The summed E-state index contributed by atoms with van der Waals surface area (Å²) >= 11 is 0. The Bertz CT molecular complexity index is 544. The molecule has 1 rings (SSSR count). The maximum absolute atomic E-state index is 14.2. The van der Waals surface area contributed by atoms with Gasteiger partial charge in [-0.2, -0.15) is 13.9 Å². The van der Waals surface area contributed by atoms with Crippen LogP contribution in [-0.4, -0.2) is 11.7 Å². The summed E-state index contributed by atoms with van der Waals surface area (Å²) in [7, 11) is 0. The lowest BCUT2D eigenvalue weighted by atomic mass is 10.1. The SMILES string of the molecule is C=NN/C(=C\CCCCCC)Nc1ccnc(C(F)(F)CCCC)c1. The third kappa shape index (κ3) is 8.09. The van der Waals surface area contributed by atoms with Crippen LogP contribution in [0.2, 0.25) is 0 Å². The van der Waals surface area contributed by atoms with Crippen molar-refractivity contribution in [3.05, 3.63) is 35.9 Å². The summed E-state index contributed by atoms with van der Waals surface area (Å²) in [6.45, 7) is 7.48. The molecule has 0 spiro atoms. The van der Waals surface area contributed by atoms with Gasteiger partial charge in [-0.25, -0.2) is 0 Å². The summed E-state index contributed by atoms with van der Waals surface area (Å²) in [4.78, 5) is 3.85. The van der Waals surface area contributed by atoms with E-state index in [9.17, 15) is 8.78 Å². The summed E-state index contributed by atoms with van der Waals surface area (Å²) in [5.41, 5.74) is 3.11. The molecular formula is C19H30F2N4. The van der Waals surface area contributed by atoms with Crippen molar-refractivity contribution in [2.24, 2.45) is 5.10 Å². The molecule has 0 unspecified atom stereocenters. The number of halogens is 2. The molecule has 0 aliphatic rings. The maximum Gasteiger partial charge on any atom is 0.289 e. The Morgan fingerprint density at radius 1 is 1.24 bits per heavy atom. The molecule has 4 nitrogen and oxygen atoms in total. The molecule has 1 aromatic heterocycles. The van der Waals surface area contributed by atoms with Gasteiger partial charge in [0.15, 0.2) is 0 Å². The third-order valence-corrected chi connectivity index (χ3v) is 3.86. The Morgan fingerprint density at radius 2 is 2.00 bits per heavy atom. The van der Waals surface area contributed by atoms with E-state index in [4.69, 9.17) is 0 Å². The second kappa shape index (κ2) is 11.6. The minimum absolute atomic E-state index is 0.188. The molecule has 0 saturated heterocycles. The zero-order valence-electron chi connectivity index (χ0n) is 15.3. The number of alkyl halides is 2. The molecule has 0 fully saturated rings. The summed E-state index contributed by atoms with van der Waals surface area (Å²) in [6, 6.07) is 3.06. The molecule has 1 aromatic rings. The van der Waals surface area contributed by atoms with Gasteiger partial charge >= 0.3 is 0 Å². The highest BCUT2D eigenvalue weighted by Gasteiger charge is 2.32. The number of anilines is 1. The van der Waals surface area contributed by atoms with Crippen LogP contribution in [0.5, 0.6) is 0 Å². The van der Waals surface area contributed by atoms with Gasteiger partial charge < -0.3 is 5.32 Å². The van der Waals surface area contributed by atoms with E-state index < -0.39 is 5.92 Å². The highest BCUT2D eigenvalue weighted by molar-refractivity contribution is 5.48. The number of hydrogen-bond acceptors (Lipinski definition) is 4. The quantitative estimate of drug-likeness (QED) is 0.268. The Labute approximate surface area is 149 Å². The van der Waals surface area contributed by atoms with Crippen molar-refractivity contribution in [3.8, 4) is 0 Å². The van der Waals surface area contributed by atoms with Crippen LogP contribution < -0.4 is 10.7 Å². The second-order valence-corrected chi connectivity index (χ2v) is 6.10. The molecule has 25 heavy (non-hydrogen) atoms. The van der Waals surface area contributed by atoms with E-state index in [1.165, 1.54) is 31.5 Å². The first-order chi connectivity index (χ1) is 12.0. The van der Waals surface area contributed by atoms with Gasteiger partial charge in [0, 0.05) is 25.0 Å². The fourth-order valence-electron chi connectivity index (χ4n) is 2.42. The molecular weight excluding hydrogens is 322 g/mol. The largest absolute Gasteiger partial charge is 0.341 e. The van der Waals surface area contributed by atoms with Crippen LogP contribution in [0.25, 0.3) is 0 Å². The predicted molar refractivity (Wildman–Crippen MR) is 101 cm³/mol. The number of unbranched alkanes of at least 4 members (excludes halogenated alkanes) is 5. The number of hydrogen-bond donors (Lipinski definition) is 2. The van der Waals surface area contributed by atoms with Crippen molar-refractivity contribution in [2.75, 3.05) is 5.32 Å². The van der Waals surface area contributed by atoms with E-state index >= 15 is 0 Å². The lowest BCUT2D eigenvalue weighted by Gasteiger charge is -2.17.